The SMILES string of the molecule is C=CCC[C@@H](NC(=O)c1ccncc1)C(=O)OC. The fourth-order valence-corrected chi connectivity index (χ4v) is 1.42. The number of hydrogen-bond acceptors (Lipinski definition) is 4. The number of methoxy groups -OCH3 is 1. The number of amides is 1. The second-order valence-corrected chi connectivity index (χ2v) is 3.65. The molecule has 0 aliphatic heterocycles. The molecule has 1 amide bonds. The van der Waals surface area contributed by atoms with E-state index < -0.39 is 12.0 Å². The van der Waals surface area contributed by atoms with Gasteiger partial charge in [-0.25, -0.2) is 4.79 Å². The average molecular weight is 248 g/mol. The zero-order valence-electron chi connectivity index (χ0n) is 10.3. The first-order chi connectivity index (χ1) is 8.69. The van der Waals surface area contributed by atoms with E-state index in [-0.39, 0.29) is 5.91 Å². The van der Waals surface area contributed by atoms with Crippen molar-refractivity contribution in [1.29, 1.82) is 0 Å². The topological polar surface area (TPSA) is 68.3 Å². The van der Waals surface area contributed by atoms with Gasteiger partial charge in [0.15, 0.2) is 0 Å². The second-order valence-electron chi connectivity index (χ2n) is 3.65. The van der Waals surface area contributed by atoms with Gasteiger partial charge in [0.1, 0.15) is 6.04 Å². The Labute approximate surface area is 106 Å². The third-order valence-electron chi connectivity index (χ3n) is 2.39. The number of esters is 1. The van der Waals surface area contributed by atoms with Crippen molar-refractivity contribution < 1.29 is 14.3 Å². The molecule has 18 heavy (non-hydrogen) atoms. The Bertz CT molecular complexity index is 418. The van der Waals surface area contributed by atoms with Crippen molar-refractivity contribution in [1.82, 2.24) is 10.3 Å². The summed E-state index contributed by atoms with van der Waals surface area (Å²) in [6, 6.07) is 2.50. The maximum absolute atomic E-state index is 11.9. The maximum atomic E-state index is 11.9. The number of rotatable bonds is 6. The lowest BCUT2D eigenvalue weighted by atomic mass is 10.1. The molecule has 0 saturated heterocycles. The first-order valence-corrected chi connectivity index (χ1v) is 5.58. The highest BCUT2D eigenvalue weighted by Crippen LogP contribution is 2.03. The van der Waals surface area contributed by atoms with Crippen LogP contribution in [-0.2, 0) is 9.53 Å². The van der Waals surface area contributed by atoms with Crippen LogP contribution in [0.15, 0.2) is 37.2 Å². The molecule has 1 N–H and O–H groups in total. The minimum absolute atomic E-state index is 0.322. The van der Waals surface area contributed by atoms with Gasteiger partial charge in [0.05, 0.1) is 7.11 Å². The Morgan fingerprint density at radius 1 is 1.50 bits per heavy atom. The Morgan fingerprint density at radius 3 is 2.72 bits per heavy atom. The van der Waals surface area contributed by atoms with E-state index in [2.05, 4.69) is 21.6 Å². The van der Waals surface area contributed by atoms with Crippen LogP contribution in [0.4, 0.5) is 0 Å². The van der Waals surface area contributed by atoms with Gasteiger partial charge in [0.25, 0.3) is 5.91 Å². The van der Waals surface area contributed by atoms with E-state index in [4.69, 9.17) is 0 Å². The van der Waals surface area contributed by atoms with E-state index in [0.29, 0.717) is 18.4 Å². The van der Waals surface area contributed by atoms with Gasteiger partial charge in [-0.15, -0.1) is 6.58 Å². The average Bonchev–Trinajstić information content (AvgIpc) is 2.43. The van der Waals surface area contributed by atoms with Crippen LogP contribution < -0.4 is 5.32 Å². The molecule has 0 radical (unpaired) electrons. The third kappa shape index (κ3) is 4.01. The number of pyridine rings is 1. The van der Waals surface area contributed by atoms with E-state index in [1.54, 1.807) is 18.2 Å². The second kappa shape index (κ2) is 7.21. The Kier molecular flexibility index (Phi) is 5.57. The molecular formula is C13H16N2O3. The summed E-state index contributed by atoms with van der Waals surface area (Å²) in [5.41, 5.74) is 0.456. The normalized spacial score (nSPS) is 11.4. The lowest BCUT2D eigenvalue weighted by molar-refractivity contribution is -0.143. The maximum Gasteiger partial charge on any atom is 0.328 e. The van der Waals surface area contributed by atoms with Crippen molar-refractivity contribution >= 4 is 11.9 Å². The highest BCUT2D eigenvalue weighted by Gasteiger charge is 2.21. The van der Waals surface area contributed by atoms with Crippen LogP contribution >= 0.6 is 0 Å². The summed E-state index contributed by atoms with van der Waals surface area (Å²) >= 11 is 0. The highest BCUT2D eigenvalue weighted by atomic mass is 16.5. The number of hydrogen-bond donors (Lipinski definition) is 1. The lowest BCUT2D eigenvalue weighted by Gasteiger charge is -2.15. The van der Waals surface area contributed by atoms with Crippen molar-refractivity contribution in [3.63, 3.8) is 0 Å². The van der Waals surface area contributed by atoms with Gasteiger partial charge in [-0.05, 0) is 25.0 Å². The van der Waals surface area contributed by atoms with Gasteiger partial charge >= 0.3 is 5.97 Å². The van der Waals surface area contributed by atoms with Gasteiger partial charge in [0.2, 0.25) is 0 Å². The summed E-state index contributed by atoms with van der Waals surface area (Å²) in [7, 11) is 1.29. The van der Waals surface area contributed by atoms with Gasteiger partial charge in [-0.1, -0.05) is 6.08 Å². The van der Waals surface area contributed by atoms with Crippen molar-refractivity contribution in [3.8, 4) is 0 Å². The fraction of sp³-hybridized carbons (Fsp3) is 0.308. The standard InChI is InChI=1S/C13H16N2O3/c1-3-4-5-11(13(17)18-2)15-12(16)10-6-8-14-9-7-10/h3,6-9,11H,1,4-5H2,2H3,(H,15,16)/t11-/m1/s1. The monoisotopic (exact) mass is 248 g/mol. The Balaban J connectivity index is 2.68. The van der Waals surface area contributed by atoms with E-state index in [9.17, 15) is 9.59 Å². The summed E-state index contributed by atoms with van der Waals surface area (Å²) in [5.74, 6) is -0.781. The molecule has 0 aliphatic rings. The molecule has 0 bridgehead atoms. The van der Waals surface area contributed by atoms with Gasteiger partial charge in [-0.2, -0.15) is 0 Å². The first kappa shape index (κ1) is 13.9. The molecule has 5 heteroatoms. The molecule has 0 unspecified atom stereocenters. The molecule has 1 aromatic rings. The van der Waals surface area contributed by atoms with Crippen molar-refractivity contribution in [2.24, 2.45) is 0 Å². The molecular weight excluding hydrogens is 232 g/mol. The van der Waals surface area contributed by atoms with Crippen LogP contribution in [0.3, 0.4) is 0 Å². The molecule has 0 aromatic carbocycles. The quantitative estimate of drug-likeness (QED) is 0.609. The molecule has 5 nitrogen and oxygen atoms in total. The molecule has 1 heterocycles. The number of ether oxygens (including phenoxy) is 1. The number of allylic oxidation sites excluding steroid dienone is 1. The number of aromatic nitrogens is 1. The summed E-state index contributed by atoms with van der Waals surface area (Å²) in [5, 5.41) is 2.63. The number of carbonyl (C=O) groups excluding carboxylic acids is 2. The summed E-state index contributed by atoms with van der Waals surface area (Å²) in [6.45, 7) is 3.58. The van der Waals surface area contributed by atoms with E-state index in [0.717, 1.165) is 0 Å². The predicted octanol–water partition coefficient (Wildman–Crippen LogP) is 1.32. The van der Waals surface area contributed by atoms with Crippen molar-refractivity contribution in [3.05, 3.63) is 42.7 Å². The van der Waals surface area contributed by atoms with Crippen LogP contribution in [0, 0.1) is 0 Å². The third-order valence-corrected chi connectivity index (χ3v) is 2.39. The molecule has 1 rings (SSSR count). The Morgan fingerprint density at radius 2 is 2.17 bits per heavy atom. The molecule has 0 saturated carbocycles. The number of nitrogens with one attached hydrogen (secondary N) is 1. The van der Waals surface area contributed by atoms with Crippen LogP contribution in [0.1, 0.15) is 23.2 Å². The summed E-state index contributed by atoms with van der Waals surface area (Å²) in [4.78, 5) is 27.2. The molecule has 96 valence electrons. The lowest BCUT2D eigenvalue weighted by Crippen LogP contribution is -2.41. The first-order valence-electron chi connectivity index (χ1n) is 5.58. The van der Waals surface area contributed by atoms with Crippen molar-refractivity contribution in [2.75, 3.05) is 7.11 Å². The van der Waals surface area contributed by atoms with Crippen LogP contribution in [0.2, 0.25) is 0 Å². The molecule has 0 fully saturated rings. The Hall–Kier alpha value is -2.17. The molecule has 0 aliphatic carbocycles. The van der Waals surface area contributed by atoms with E-state index in [1.807, 2.05) is 0 Å². The van der Waals surface area contributed by atoms with Crippen LogP contribution in [0.25, 0.3) is 0 Å². The van der Waals surface area contributed by atoms with Gasteiger partial charge < -0.3 is 10.1 Å². The van der Waals surface area contributed by atoms with Crippen LogP contribution in [-0.4, -0.2) is 30.0 Å². The number of carbonyl (C=O) groups is 2. The van der Waals surface area contributed by atoms with Crippen molar-refractivity contribution in [2.45, 2.75) is 18.9 Å². The fourth-order valence-electron chi connectivity index (χ4n) is 1.42. The van der Waals surface area contributed by atoms with E-state index >= 15 is 0 Å². The zero-order valence-corrected chi connectivity index (χ0v) is 10.3. The minimum atomic E-state index is -0.659. The highest BCUT2D eigenvalue weighted by molar-refractivity contribution is 5.96. The zero-order chi connectivity index (χ0) is 13.4. The van der Waals surface area contributed by atoms with Gasteiger partial charge in [0, 0.05) is 18.0 Å². The predicted molar refractivity (Wildman–Crippen MR) is 66.9 cm³/mol. The number of nitrogens with zero attached hydrogens (tertiary/aromatic N) is 1. The molecule has 1 atom stereocenters. The summed E-state index contributed by atoms with van der Waals surface area (Å²) < 4.78 is 4.65. The van der Waals surface area contributed by atoms with Gasteiger partial charge in [-0.3, -0.25) is 9.78 Å². The van der Waals surface area contributed by atoms with E-state index in [1.165, 1.54) is 19.5 Å². The van der Waals surface area contributed by atoms with Crippen LogP contribution in [0.5, 0.6) is 0 Å². The largest absolute Gasteiger partial charge is 0.467 e. The summed E-state index contributed by atoms with van der Waals surface area (Å²) in [6.07, 6.45) is 5.82. The smallest absolute Gasteiger partial charge is 0.328 e. The minimum Gasteiger partial charge on any atom is -0.467 e. The molecule has 0 spiro atoms. The molecule has 1 aromatic heterocycles.